The number of aromatic nitrogens is 2. The minimum absolute atomic E-state index is 0.0385. The predicted molar refractivity (Wildman–Crippen MR) is 138 cm³/mol. The number of nitrogens with zero attached hydrogens (tertiary/aromatic N) is 2. The molecule has 0 bridgehead atoms. The molecule has 0 radical (unpaired) electrons. The summed E-state index contributed by atoms with van der Waals surface area (Å²) in [5, 5.41) is 2.81. The number of hydrogen-bond donors (Lipinski definition) is 2. The average molecular weight is 517 g/mol. The highest BCUT2D eigenvalue weighted by Gasteiger charge is 2.30. The SMILES string of the molecule is CC(C)CCC(=O)N[C@@H](CC(=O)N1CCCC[C@H]1C)C(=O)C[C@@H](C)c1ncc(-c2ccc(F)cc2F)[nH]1. The fourth-order valence-corrected chi connectivity index (χ4v) is 4.66. The predicted octanol–water partition coefficient (Wildman–Crippen LogP) is 5.13. The molecule has 9 heteroatoms. The molecule has 2 aromatic rings. The van der Waals surface area contributed by atoms with Crippen molar-refractivity contribution >= 4 is 17.6 Å². The van der Waals surface area contributed by atoms with E-state index in [0.29, 0.717) is 30.4 Å². The van der Waals surface area contributed by atoms with Gasteiger partial charge in [-0.1, -0.05) is 20.8 Å². The molecule has 1 aromatic heterocycles. The standard InChI is InChI=1S/C28H38F2N4O3/c1-17(2)8-11-26(36)32-23(15-27(37)34-12-6-5-7-19(34)4)25(35)13-18(3)28-31-16-24(33-28)21-10-9-20(29)14-22(21)30/h9-10,14,16-19,23H,5-8,11-13,15H2,1-4H3,(H,31,33)(H,32,36)/t18-,19-,23+/m1/s1. The first-order valence-electron chi connectivity index (χ1n) is 13.2. The highest BCUT2D eigenvalue weighted by atomic mass is 19.1. The van der Waals surface area contributed by atoms with Crippen molar-refractivity contribution < 1.29 is 23.2 Å². The lowest BCUT2D eigenvalue weighted by Gasteiger charge is -2.34. The zero-order chi connectivity index (χ0) is 27.1. The Morgan fingerprint density at radius 3 is 2.59 bits per heavy atom. The molecule has 0 unspecified atom stereocenters. The number of ketones is 1. The second-order valence-electron chi connectivity index (χ2n) is 10.6. The van der Waals surface area contributed by atoms with Gasteiger partial charge in [0, 0.05) is 43.0 Å². The van der Waals surface area contributed by atoms with Gasteiger partial charge in [-0.05, 0) is 50.7 Å². The molecule has 1 aliphatic rings. The summed E-state index contributed by atoms with van der Waals surface area (Å²) >= 11 is 0. The smallest absolute Gasteiger partial charge is 0.225 e. The number of nitrogens with one attached hydrogen (secondary N) is 2. The first-order chi connectivity index (χ1) is 17.5. The van der Waals surface area contributed by atoms with Crippen molar-refractivity contribution in [1.29, 1.82) is 0 Å². The second-order valence-corrected chi connectivity index (χ2v) is 10.6. The van der Waals surface area contributed by atoms with Crippen molar-refractivity contribution in [3.8, 4) is 11.3 Å². The van der Waals surface area contributed by atoms with Crippen LogP contribution in [0, 0.1) is 17.6 Å². The molecular weight excluding hydrogens is 478 g/mol. The second kappa shape index (κ2) is 12.9. The van der Waals surface area contributed by atoms with Crippen LogP contribution in [0.4, 0.5) is 8.78 Å². The number of amides is 2. The summed E-state index contributed by atoms with van der Waals surface area (Å²) < 4.78 is 27.4. The maximum atomic E-state index is 14.2. The van der Waals surface area contributed by atoms with Crippen molar-refractivity contribution in [2.45, 2.75) is 90.6 Å². The molecule has 3 rings (SSSR count). The van der Waals surface area contributed by atoms with Crippen molar-refractivity contribution in [2.24, 2.45) is 5.92 Å². The quantitative estimate of drug-likeness (QED) is 0.433. The van der Waals surface area contributed by atoms with Crippen LogP contribution in [0.1, 0.15) is 84.4 Å². The summed E-state index contributed by atoms with van der Waals surface area (Å²) in [5.41, 5.74) is 0.551. The number of imidazole rings is 1. The maximum Gasteiger partial charge on any atom is 0.225 e. The van der Waals surface area contributed by atoms with Crippen LogP contribution in [-0.4, -0.2) is 51.1 Å². The zero-order valence-corrected chi connectivity index (χ0v) is 22.2. The van der Waals surface area contributed by atoms with E-state index in [1.165, 1.54) is 18.3 Å². The van der Waals surface area contributed by atoms with Crippen molar-refractivity contribution in [1.82, 2.24) is 20.2 Å². The fraction of sp³-hybridized carbons (Fsp3) is 0.571. The third kappa shape index (κ3) is 7.94. The molecule has 0 aliphatic carbocycles. The van der Waals surface area contributed by atoms with Gasteiger partial charge in [0.15, 0.2) is 5.78 Å². The number of Topliss-reactive ketones (excluding diaryl/α,β-unsaturated/α-hetero) is 1. The maximum absolute atomic E-state index is 14.2. The molecule has 1 aromatic carbocycles. The number of benzene rings is 1. The third-order valence-corrected chi connectivity index (χ3v) is 6.97. The molecule has 2 N–H and O–H groups in total. The first-order valence-corrected chi connectivity index (χ1v) is 13.2. The van der Waals surface area contributed by atoms with Crippen molar-refractivity contribution in [2.75, 3.05) is 6.54 Å². The summed E-state index contributed by atoms with van der Waals surface area (Å²) in [6.07, 6.45) is 5.32. The Kier molecular flexibility index (Phi) is 9.94. The van der Waals surface area contributed by atoms with Gasteiger partial charge < -0.3 is 15.2 Å². The van der Waals surface area contributed by atoms with Crippen molar-refractivity contribution in [3.05, 3.63) is 41.9 Å². The number of likely N-dealkylation sites (tertiary alicyclic amines) is 1. The monoisotopic (exact) mass is 516 g/mol. The number of rotatable bonds is 11. The Morgan fingerprint density at radius 1 is 1.16 bits per heavy atom. The first kappa shape index (κ1) is 28.5. The summed E-state index contributed by atoms with van der Waals surface area (Å²) in [4.78, 5) is 48.1. The van der Waals surface area contributed by atoms with Gasteiger partial charge in [0.2, 0.25) is 11.8 Å². The Labute approximate surface area is 217 Å². The molecule has 1 aliphatic heterocycles. The molecule has 0 spiro atoms. The minimum atomic E-state index is -0.923. The summed E-state index contributed by atoms with van der Waals surface area (Å²) in [6, 6.07) is 2.48. The van der Waals surface area contributed by atoms with E-state index in [1.54, 1.807) is 6.92 Å². The van der Waals surface area contributed by atoms with E-state index in [4.69, 9.17) is 0 Å². The Morgan fingerprint density at radius 2 is 1.92 bits per heavy atom. The highest BCUT2D eigenvalue weighted by molar-refractivity contribution is 5.93. The van der Waals surface area contributed by atoms with Crippen LogP contribution in [0.2, 0.25) is 0 Å². The molecule has 202 valence electrons. The van der Waals surface area contributed by atoms with Crippen LogP contribution in [0.3, 0.4) is 0 Å². The Bertz CT molecular complexity index is 1100. The normalized spacial score (nSPS) is 17.5. The highest BCUT2D eigenvalue weighted by Crippen LogP contribution is 2.26. The molecule has 37 heavy (non-hydrogen) atoms. The lowest BCUT2D eigenvalue weighted by atomic mass is 9.96. The van der Waals surface area contributed by atoms with Crippen LogP contribution >= 0.6 is 0 Å². The van der Waals surface area contributed by atoms with E-state index in [0.717, 1.165) is 25.3 Å². The Balaban J connectivity index is 1.70. The lowest BCUT2D eigenvalue weighted by molar-refractivity contribution is -0.138. The number of piperidine rings is 1. The largest absolute Gasteiger partial charge is 0.346 e. The number of H-pyrrole nitrogens is 1. The lowest BCUT2D eigenvalue weighted by Crippen LogP contribution is -2.48. The van der Waals surface area contributed by atoms with E-state index >= 15 is 0 Å². The summed E-state index contributed by atoms with van der Waals surface area (Å²) in [7, 11) is 0. The van der Waals surface area contributed by atoms with Crippen LogP contribution in [0.25, 0.3) is 11.3 Å². The van der Waals surface area contributed by atoms with E-state index < -0.39 is 17.7 Å². The van der Waals surface area contributed by atoms with Gasteiger partial charge in [0.25, 0.3) is 0 Å². The average Bonchev–Trinajstić information content (AvgIpc) is 3.32. The van der Waals surface area contributed by atoms with Crippen LogP contribution in [-0.2, 0) is 14.4 Å². The molecule has 1 fully saturated rings. The van der Waals surface area contributed by atoms with Gasteiger partial charge in [-0.15, -0.1) is 0 Å². The third-order valence-electron chi connectivity index (χ3n) is 6.97. The Hall–Kier alpha value is -3.10. The van der Waals surface area contributed by atoms with E-state index in [1.807, 2.05) is 25.7 Å². The number of aromatic amines is 1. The zero-order valence-electron chi connectivity index (χ0n) is 22.2. The molecule has 2 amide bonds. The summed E-state index contributed by atoms with van der Waals surface area (Å²) in [5.74, 6) is -1.58. The molecule has 0 saturated carbocycles. The number of hydrogen-bond acceptors (Lipinski definition) is 4. The van der Waals surface area contributed by atoms with Crippen LogP contribution in [0.15, 0.2) is 24.4 Å². The van der Waals surface area contributed by atoms with Gasteiger partial charge in [0.1, 0.15) is 17.5 Å². The van der Waals surface area contributed by atoms with Gasteiger partial charge in [-0.2, -0.15) is 0 Å². The number of halogens is 2. The number of carbonyl (C=O) groups excluding carboxylic acids is 3. The van der Waals surface area contributed by atoms with Crippen molar-refractivity contribution in [3.63, 3.8) is 0 Å². The van der Waals surface area contributed by atoms with Gasteiger partial charge >= 0.3 is 0 Å². The molecule has 1 saturated heterocycles. The molecule has 7 nitrogen and oxygen atoms in total. The molecule has 2 heterocycles. The minimum Gasteiger partial charge on any atom is -0.346 e. The van der Waals surface area contributed by atoms with E-state index in [2.05, 4.69) is 15.3 Å². The van der Waals surface area contributed by atoms with E-state index in [9.17, 15) is 23.2 Å². The molecule has 3 atom stereocenters. The van der Waals surface area contributed by atoms with Gasteiger partial charge in [0.05, 0.1) is 24.4 Å². The molecular formula is C28H38F2N4O3. The number of carbonyl (C=O) groups is 3. The van der Waals surface area contributed by atoms with Gasteiger partial charge in [-0.3, -0.25) is 14.4 Å². The van der Waals surface area contributed by atoms with Crippen LogP contribution in [0.5, 0.6) is 0 Å². The fourth-order valence-electron chi connectivity index (χ4n) is 4.66. The topological polar surface area (TPSA) is 95.2 Å². The summed E-state index contributed by atoms with van der Waals surface area (Å²) in [6.45, 7) is 8.51. The van der Waals surface area contributed by atoms with E-state index in [-0.39, 0.29) is 54.4 Å². The van der Waals surface area contributed by atoms with Gasteiger partial charge in [-0.25, -0.2) is 13.8 Å². The van der Waals surface area contributed by atoms with Crippen LogP contribution < -0.4 is 5.32 Å².